The van der Waals surface area contributed by atoms with Gasteiger partial charge in [-0.1, -0.05) is 11.6 Å². The van der Waals surface area contributed by atoms with E-state index in [1.807, 2.05) is 0 Å². The van der Waals surface area contributed by atoms with Crippen LogP contribution in [0.25, 0.3) is 0 Å². The summed E-state index contributed by atoms with van der Waals surface area (Å²) in [5, 5.41) is 8.64. The molecule has 2 rings (SSSR count). The predicted octanol–water partition coefficient (Wildman–Crippen LogP) is 2.55. The molecule has 98 valence electrons. The molecule has 7 heteroatoms. The zero-order valence-electron chi connectivity index (χ0n) is 9.51. The SMILES string of the molecule is O=C(O)c1cnc(COc2ccc(F)c(Cl)c2)nc1. The van der Waals surface area contributed by atoms with Crippen molar-refractivity contribution in [3.05, 3.63) is 52.8 Å². The summed E-state index contributed by atoms with van der Waals surface area (Å²) < 4.78 is 18.2. The maximum Gasteiger partial charge on any atom is 0.338 e. The summed E-state index contributed by atoms with van der Waals surface area (Å²) in [5.41, 5.74) is -0.00595. The van der Waals surface area contributed by atoms with Gasteiger partial charge in [0.2, 0.25) is 0 Å². The summed E-state index contributed by atoms with van der Waals surface area (Å²) in [5.74, 6) is -0.948. The molecule has 0 radical (unpaired) electrons. The van der Waals surface area contributed by atoms with Gasteiger partial charge in [0.15, 0.2) is 5.82 Å². The largest absolute Gasteiger partial charge is 0.486 e. The Morgan fingerprint density at radius 3 is 2.63 bits per heavy atom. The zero-order chi connectivity index (χ0) is 13.8. The minimum absolute atomic E-state index is 0.00595. The van der Waals surface area contributed by atoms with Crippen molar-refractivity contribution in [3.8, 4) is 5.75 Å². The first kappa shape index (κ1) is 13.2. The van der Waals surface area contributed by atoms with Gasteiger partial charge in [0.05, 0.1) is 10.6 Å². The van der Waals surface area contributed by atoms with Crippen molar-refractivity contribution in [1.82, 2.24) is 9.97 Å². The van der Waals surface area contributed by atoms with Gasteiger partial charge in [0.1, 0.15) is 18.2 Å². The maximum absolute atomic E-state index is 12.9. The van der Waals surface area contributed by atoms with Crippen LogP contribution in [-0.2, 0) is 6.61 Å². The second-order valence-corrected chi connectivity index (χ2v) is 3.96. The van der Waals surface area contributed by atoms with E-state index in [9.17, 15) is 9.18 Å². The average molecular weight is 283 g/mol. The minimum atomic E-state index is -1.10. The molecule has 0 bridgehead atoms. The van der Waals surface area contributed by atoms with Crippen molar-refractivity contribution in [1.29, 1.82) is 0 Å². The maximum atomic E-state index is 12.9. The first-order valence-electron chi connectivity index (χ1n) is 5.18. The van der Waals surface area contributed by atoms with Gasteiger partial charge in [-0.05, 0) is 12.1 Å². The number of ether oxygens (including phenoxy) is 1. The van der Waals surface area contributed by atoms with E-state index in [4.69, 9.17) is 21.4 Å². The van der Waals surface area contributed by atoms with E-state index >= 15 is 0 Å². The number of carboxylic acid groups (broad SMARTS) is 1. The highest BCUT2D eigenvalue weighted by Crippen LogP contribution is 2.21. The molecule has 0 spiro atoms. The van der Waals surface area contributed by atoms with Crippen LogP contribution in [0.4, 0.5) is 4.39 Å². The van der Waals surface area contributed by atoms with Crippen LogP contribution >= 0.6 is 11.6 Å². The van der Waals surface area contributed by atoms with E-state index in [1.54, 1.807) is 0 Å². The van der Waals surface area contributed by atoms with Crippen LogP contribution in [0, 0.1) is 5.82 Å². The first-order chi connectivity index (χ1) is 9.06. The molecular weight excluding hydrogens is 275 g/mol. The number of carboxylic acids is 1. The molecule has 0 aliphatic rings. The topological polar surface area (TPSA) is 72.3 Å². The Kier molecular flexibility index (Phi) is 3.91. The van der Waals surface area contributed by atoms with Crippen molar-refractivity contribution >= 4 is 17.6 Å². The van der Waals surface area contributed by atoms with Crippen molar-refractivity contribution < 1.29 is 19.0 Å². The average Bonchev–Trinajstić information content (AvgIpc) is 2.40. The summed E-state index contributed by atoms with van der Waals surface area (Å²) >= 11 is 5.60. The quantitative estimate of drug-likeness (QED) is 0.933. The van der Waals surface area contributed by atoms with E-state index in [0.29, 0.717) is 11.6 Å². The molecule has 0 saturated carbocycles. The third-order valence-corrected chi connectivity index (χ3v) is 2.50. The van der Waals surface area contributed by atoms with Gasteiger partial charge in [-0.2, -0.15) is 0 Å². The number of halogens is 2. The van der Waals surface area contributed by atoms with Crippen molar-refractivity contribution in [2.45, 2.75) is 6.61 Å². The van der Waals surface area contributed by atoms with E-state index in [2.05, 4.69) is 9.97 Å². The standard InChI is InChI=1S/C12H8ClFN2O3/c13-9-3-8(1-2-10(9)14)19-6-11-15-4-7(5-16-11)12(17)18/h1-5H,6H2,(H,17,18). The highest BCUT2D eigenvalue weighted by molar-refractivity contribution is 6.30. The Bertz CT molecular complexity index is 604. The van der Waals surface area contributed by atoms with Gasteiger partial charge >= 0.3 is 5.97 Å². The van der Waals surface area contributed by atoms with Crippen LogP contribution in [-0.4, -0.2) is 21.0 Å². The lowest BCUT2D eigenvalue weighted by atomic mass is 10.3. The molecule has 0 amide bonds. The van der Waals surface area contributed by atoms with Crippen LogP contribution in [0.15, 0.2) is 30.6 Å². The molecule has 0 unspecified atom stereocenters. The van der Waals surface area contributed by atoms with Crippen molar-refractivity contribution in [2.75, 3.05) is 0 Å². The van der Waals surface area contributed by atoms with Gasteiger partial charge in [-0.25, -0.2) is 19.2 Å². The van der Waals surface area contributed by atoms with Gasteiger partial charge in [0.25, 0.3) is 0 Å². The molecule has 19 heavy (non-hydrogen) atoms. The molecule has 1 aromatic heterocycles. The second-order valence-electron chi connectivity index (χ2n) is 3.56. The first-order valence-corrected chi connectivity index (χ1v) is 5.56. The minimum Gasteiger partial charge on any atom is -0.486 e. The van der Waals surface area contributed by atoms with Crippen LogP contribution in [0.5, 0.6) is 5.75 Å². The predicted molar refractivity (Wildman–Crippen MR) is 64.7 cm³/mol. The lowest BCUT2D eigenvalue weighted by Crippen LogP contribution is -2.04. The van der Waals surface area contributed by atoms with Gasteiger partial charge in [-0.15, -0.1) is 0 Å². The normalized spacial score (nSPS) is 10.2. The summed E-state index contributed by atoms with van der Waals surface area (Å²) in [6.45, 7) is 0.0296. The molecule has 1 N–H and O–H groups in total. The fourth-order valence-corrected chi connectivity index (χ4v) is 1.42. The van der Waals surface area contributed by atoms with Gasteiger partial charge < -0.3 is 9.84 Å². The number of carbonyl (C=O) groups is 1. The van der Waals surface area contributed by atoms with E-state index < -0.39 is 11.8 Å². The lowest BCUT2D eigenvalue weighted by Gasteiger charge is -2.05. The molecule has 0 atom stereocenters. The summed E-state index contributed by atoms with van der Waals surface area (Å²) in [6.07, 6.45) is 2.37. The highest BCUT2D eigenvalue weighted by Gasteiger charge is 2.06. The zero-order valence-corrected chi connectivity index (χ0v) is 10.3. The van der Waals surface area contributed by atoms with E-state index in [-0.39, 0.29) is 17.2 Å². The Morgan fingerprint density at radius 2 is 2.05 bits per heavy atom. The van der Waals surface area contributed by atoms with Crippen molar-refractivity contribution in [2.24, 2.45) is 0 Å². The molecule has 0 saturated heterocycles. The van der Waals surface area contributed by atoms with E-state index in [1.165, 1.54) is 30.6 Å². The smallest absolute Gasteiger partial charge is 0.338 e. The van der Waals surface area contributed by atoms with Crippen LogP contribution in [0.3, 0.4) is 0 Å². The Balaban J connectivity index is 2.01. The van der Waals surface area contributed by atoms with Crippen LogP contribution < -0.4 is 4.74 Å². The fraction of sp³-hybridized carbons (Fsp3) is 0.0833. The van der Waals surface area contributed by atoms with Gasteiger partial charge in [-0.3, -0.25) is 0 Å². The number of aromatic nitrogens is 2. The molecule has 0 aliphatic heterocycles. The number of rotatable bonds is 4. The summed E-state index contributed by atoms with van der Waals surface area (Å²) in [4.78, 5) is 18.3. The monoisotopic (exact) mass is 282 g/mol. The molecule has 5 nitrogen and oxygen atoms in total. The fourth-order valence-electron chi connectivity index (χ4n) is 1.25. The number of hydrogen-bond donors (Lipinski definition) is 1. The summed E-state index contributed by atoms with van der Waals surface area (Å²) in [6, 6.07) is 3.95. The van der Waals surface area contributed by atoms with Crippen molar-refractivity contribution in [3.63, 3.8) is 0 Å². The molecule has 2 aromatic rings. The summed E-state index contributed by atoms with van der Waals surface area (Å²) in [7, 11) is 0. The third-order valence-electron chi connectivity index (χ3n) is 2.21. The molecule has 1 aromatic carbocycles. The Morgan fingerprint density at radius 1 is 1.37 bits per heavy atom. The molecular formula is C12H8ClFN2O3. The van der Waals surface area contributed by atoms with E-state index in [0.717, 1.165) is 0 Å². The molecule has 0 fully saturated rings. The third kappa shape index (κ3) is 3.38. The van der Waals surface area contributed by atoms with Gasteiger partial charge in [0, 0.05) is 18.5 Å². The Labute approximate surface area is 112 Å². The second kappa shape index (κ2) is 5.62. The molecule has 0 aliphatic carbocycles. The van der Waals surface area contributed by atoms with Crippen LogP contribution in [0.1, 0.15) is 16.2 Å². The number of hydrogen-bond acceptors (Lipinski definition) is 4. The lowest BCUT2D eigenvalue weighted by molar-refractivity contribution is 0.0695. The molecule has 1 heterocycles. The van der Waals surface area contributed by atoms with Crippen LogP contribution in [0.2, 0.25) is 5.02 Å². The highest BCUT2D eigenvalue weighted by atomic mass is 35.5. The number of nitrogens with zero attached hydrogens (tertiary/aromatic N) is 2. The number of aromatic carboxylic acids is 1. The number of benzene rings is 1. The Hall–Kier alpha value is -2.21.